The summed E-state index contributed by atoms with van der Waals surface area (Å²) >= 11 is 12.0. The summed E-state index contributed by atoms with van der Waals surface area (Å²) in [5, 5.41) is 8.60. The van der Waals surface area contributed by atoms with Crippen molar-refractivity contribution in [2.75, 3.05) is 6.61 Å². The molecule has 0 unspecified atom stereocenters. The molecule has 102 valence electrons. The molecule has 0 fully saturated rings. The molecule has 0 aliphatic carbocycles. The van der Waals surface area contributed by atoms with Gasteiger partial charge < -0.3 is 9.84 Å². The number of rotatable bonds is 5. The van der Waals surface area contributed by atoms with Gasteiger partial charge in [0.05, 0.1) is 5.02 Å². The summed E-state index contributed by atoms with van der Waals surface area (Å²) < 4.78 is 4.96. The van der Waals surface area contributed by atoms with Gasteiger partial charge in [-0.1, -0.05) is 29.3 Å². The monoisotopic (exact) mass is 302 g/mol. The van der Waals surface area contributed by atoms with Gasteiger partial charge >= 0.3 is 5.97 Å². The molecule has 0 amide bonds. The van der Waals surface area contributed by atoms with Gasteiger partial charge in [0, 0.05) is 5.56 Å². The molecule has 0 atom stereocenters. The number of carbonyl (C=O) groups is 2. The zero-order chi connectivity index (χ0) is 14.6. The first-order chi connectivity index (χ1) is 8.88. The van der Waals surface area contributed by atoms with Crippen molar-refractivity contribution in [3.8, 4) is 5.75 Å². The van der Waals surface area contributed by atoms with Gasteiger partial charge in [0.25, 0.3) is 0 Å². The SMILES string of the molecule is C/C=C(/C)C(=O)c1ccc(OCC(=O)O)c(Cl)c1Cl. The molecule has 1 aromatic rings. The molecule has 0 bridgehead atoms. The van der Waals surface area contributed by atoms with Gasteiger partial charge in [0.15, 0.2) is 12.4 Å². The maximum absolute atomic E-state index is 12.0. The first kappa shape index (κ1) is 15.5. The van der Waals surface area contributed by atoms with E-state index in [1.807, 2.05) is 0 Å². The maximum Gasteiger partial charge on any atom is 0.341 e. The van der Waals surface area contributed by atoms with Crippen LogP contribution in [0.4, 0.5) is 0 Å². The molecule has 1 rings (SSSR count). The van der Waals surface area contributed by atoms with Crippen LogP contribution in [0, 0.1) is 0 Å². The van der Waals surface area contributed by atoms with E-state index in [0.29, 0.717) is 5.57 Å². The molecule has 0 radical (unpaired) electrons. The predicted molar refractivity (Wildman–Crippen MR) is 73.4 cm³/mol. The van der Waals surface area contributed by atoms with Crippen LogP contribution in [-0.2, 0) is 4.79 Å². The Morgan fingerprint density at radius 3 is 2.47 bits per heavy atom. The van der Waals surface area contributed by atoms with Crippen LogP contribution < -0.4 is 4.74 Å². The van der Waals surface area contributed by atoms with Gasteiger partial charge in [-0.3, -0.25) is 4.79 Å². The lowest BCUT2D eigenvalue weighted by Crippen LogP contribution is -2.10. The molecule has 0 saturated heterocycles. The van der Waals surface area contributed by atoms with Gasteiger partial charge in [-0.2, -0.15) is 0 Å². The number of carboxylic acids is 1. The molecule has 19 heavy (non-hydrogen) atoms. The number of carbonyl (C=O) groups excluding carboxylic acids is 1. The zero-order valence-corrected chi connectivity index (χ0v) is 11.9. The van der Waals surface area contributed by atoms with Crippen molar-refractivity contribution >= 4 is 35.0 Å². The van der Waals surface area contributed by atoms with Crippen LogP contribution in [0.2, 0.25) is 10.0 Å². The largest absolute Gasteiger partial charge is 0.480 e. The van der Waals surface area contributed by atoms with Crippen molar-refractivity contribution in [3.05, 3.63) is 39.4 Å². The Morgan fingerprint density at radius 2 is 1.95 bits per heavy atom. The van der Waals surface area contributed by atoms with Gasteiger partial charge in [0.2, 0.25) is 0 Å². The van der Waals surface area contributed by atoms with Crippen LogP contribution in [-0.4, -0.2) is 23.5 Å². The van der Waals surface area contributed by atoms with Crippen LogP contribution in [0.5, 0.6) is 5.75 Å². The highest BCUT2D eigenvalue weighted by molar-refractivity contribution is 6.45. The fraction of sp³-hybridized carbons (Fsp3) is 0.231. The Bertz CT molecular complexity index is 550. The van der Waals surface area contributed by atoms with E-state index in [4.69, 9.17) is 33.0 Å². The van der Waals surface area contributed by atoms with Crippen molar-refractivity contribution < 1.29 is 19.4 Å². The minimum atomic E-state index is -1.13. The summed E-state index contributed by atoms with van der Waals surface area (Å²) in [6.07, 6.45) is 1.67. The zero-order valence-electron chi connectivity index (χ0n) is 10.4. The molecule has 0 heterocycles. The quantitative estimate of drug-likeness (QED) is 0.666. The summed E-state index contributed by atoms with van der Waals surface area (Å²) in [6, 6.07) is 2.88. The molecule has 0 aliphatic rings. The number of carboxylic acid groups (broad SMARTS) is 1. The summed E-state index contributed by atoms with van der Waals surface area (Å²) in [7, 11) is 0. The highest BCUT2D eigenvalue weighted by Gasteiger charge is 2.17. The third kappa shape index (κ3) is 3.72. The molecule has 6 heteroatoms. The Hall–Kier alpha value is -1.52. The molecule has 0 aromatic heterocycles. The lowest BCUT2D eigenvalue weighted by Gasteiger charge is -2.10. The fourth-order valence-electron chi connectivity index (χ4n) is 1.30. The van der Waals surface area contributed by atoms with Crippen LogP contribution in [0.15, 0.2) is 23.8 Å². The highest BCUT2D eigenvalue weighted by atomic mass is 35.5. The first-order valence-electron chi connectivity index (χ1n) is 5.38. The van der Waals surface area contributed by atoms with Crippen molar-refractivity contribution in [3.63, 3.8) is 0 Å². The average molecular weight is 303 g/mol. The number of allylic oxidation sites excluding steroid dienone is 2. The normalized spacial score (nSPS) is 11.3. The lowest BCUT2D eigenvalue weighted by molar-refractivity contribution is -0.139. The number of benzene rings is 1. The van der Waals surface area contributed by atoms with Gasteiger partial charge in [0.1, 0.15) is 10.8 Å². The Labute approximate surface area is 120 Å². The van der Waals surface area contributed by atoms with E-state index in [-0.39, 0.29) is 27.1 Å². The highest BCUT2D eigenvalue weighted by Crippen LogP contribution is 2.35. The third-order valence-corrected chi connectivity index (χ3v) is 3.30. The number of aliphatic carboxylic acids is 1. The Morgan fingerprint density at radius 1 is 1.32 bits per heavy atom. The van der Waals surface area contributed by atoms with Crippen LogP contribution in [0.3, 0.4) is 0 Å². The standard InChI is InChI=1S/C13H12Cl2O4/c1-3-7(2)13(18)8-4-5-9(12(15)11(8)14)19-6-10(16)17/h3-5H,6H2,1-2H3,(H,16,17)/b7-3-. The summed E-state index contributed by atoms with van der Waals surface area (Å²) in [4.78, 5) is 22.4. The smallest absolute Gasteiger partial charge is 0.341 e. The minimum absolute atomic E-state index is 0.0256. The van der Waals surface area contributed by atoms with E-state index in [1.165, 1.54) is 12.1 Å². The first-order valence-corrected chi connectivity index (χ1v) is 6.14. The number of hydrogen-bond acceptors (Lipinski definition) is 3. The van der Waals surface area contributed by atoms with Crippen molar-refractivity contribution in [2.45, 2.75) is 13.8 Å². The van der Waals surface area contributed by atoms with E-state index >= 15 is 0 Å². The third-order valence-electron chi connectivity index (χ3n) is 2.43. The van der Waals surface area contributed by atoms with E-state index in [9.17, 15) is 9.59 Å². The average Bonchev–Trinajstić information content (AvgIpc) is 2.38. The molecule has 4 nitrogen and oxygen atoms in total. The van der Waals surface area contributed by atoms with Crippen LogP contribution >= 0.6 is 23.2 Å². The lowest BCUT2D eigenvalue weighted by atomic mass is 10.0. The van der Waals surface area contributed by atoms with E-state index in [0.717, 1.165) is 0 Å². The van der Waals surface area contributed by atoms with Crippen molar-refractivity contribution in [1.29, 1.82) is 0 Å². The second kappa shape index (κ2) is 6.59. The van der Waals surface area contributed by atoms with Gasteiger partial charge in [-0.05, 0) is 31.6 Å². The second-order valence-corrected chi connectivity index (χ2v) is 4.48. The van der Waals surface area contributed by atoms with E-state index < -0.39 is 12.6 Å². The van der Waals surface area contributed by atoms with Gasteiger partial charge in [-0.25, -0.2) is 4.79 Å². The van der Waals surface area contributed by atoms with Crippen molar-refractivity contribution in [2.24, 2.45) is 0 Å². The summed E-state index contributed by atoms with van der Waals surface area (Å²) in [5.74, 6) is -1.24. The molecule has 0 saturated carbocycles. The van der Waals surface area contributed by atoms with Crippen LogP contribution in [0.25, 0.3) is 0 Å². The summed E-state index contributed by atoms with van der Waals surface area (Å²) in [6.45, 7) is 2.88. The van der Waals surface area contributed by atoms with E-state index in [1.54, 1.807) is 19.9 Å². The van der Waals surface area contributed by atoms with Crippen molar-refractivity contribution in [1.82, 2.24) is 0 Å². The van der Waals surface area contributed by atoms with Crippen LogP contribution in [0.1, 0.15) is 24.2 Å². The number of Topliss-reactive ketones (excluding diaryl/α,β-unsaturated/α-hetero) is 1. The number of ether oxygens (including phenoxy) is 1. The second-order valence-electron chi connectivity index (χ2n) is 3.72. The molecular formula is C13H12Cl2O4. The fourth-order valence-corrected chi connectivity index (χ4v) is 1.76. The molecular weight excluding hydrogens is 291 g/mol. The molecule has 0 aliphatic heterocycles. The molecule has 1 N–H and O–H groups in total. The summed E-state index contributed by atoms with van der Waals surface area (Å²) in [5.41, 5.74) is 0.794. The molecule has 1 aromatic carbocycles. The molecule has 0 spiro atoms. The van der Waals surface area contributed by atoms with Gasteiger partial charge in [-0.15, -0.1) is 0 Å². The maximum atomic E-state index is 12.0. The Balaban J connectivity index is 3.11. The number of halogens is 2. The number of hydrogen-bond donors (Lipinski definition) is 1. The Kier molecular flexibility index (Phi) is 5.39. The topological polar surface area (TPSA) is 63.6 Å². The number of ketones is 1. The predicted octanol–water partition coefficient (Wildman–Crippen LogP) is 3.61. The van der Waals surface area contributed by atoms with E-state index in [2.05, 4.69) is 0 Å². The minimum Gasteiger partial charge on any atom is -0.480 e.